The molecule has 0 aliphatic carbocycles. The van der Waals surface area contributed by atoms with Crippen LogP contribution in [0.4, 0.5) is 0 Å². The number of pyridine rings is 1. The maximum atomic E-state index is 11.0. The summed E-state index contributed by atoms with van der Waals surface area (Å²) in [6, 6.07) is 3.57. The van der Waals surface area contributed by atoms with E-state index in [2.05, 4.69) is 35.8 Å². The van der Waals surface area contributed by atoms with Gasteiger partial charge in [-0.2, -0.15) is 4.98 Å². The first-order valence-corrected chi connectivity index (χ1v) is 5.49. The minimum atomic E-state index is -0.427. The van der Waals surface area contributed by atoms with Crippen molar-refractivity contribution in [2.75, 3.05) is 7.11 Å². The monoisotopic (exact) mass is 297 g/mol. The van der Waals surface area contributed by atoms with Crippen molar-refractivity contribution in [3.8, 4) is 11.5 Å². The molecule has 0 saturated heterocycles. The van der Waals surface area contributed by atoms with Gasteiger partial charge in [-0.15, -0.1) is 0 Å². The molecule has 17 heavy (non-hydrogen) atoms. The van der Waals surface area contributed by atoms with Gasteiger partial charge in [-0.05, 0) is 28.1 Å². The zero-order valence-corrected chi connectivity index (χ0v) is 10.5. The number of rotatable bonds is 3. The fraction of sp³-hybridized carbons (Fsp3) is 0.200. The molecule has 0 N–H and O–H groups in total. The van der Waals surface area contributed by atoms with E-state index in [1.165, 1.54) is 7.11 Å². The molecule has 6 nitrogen and oxygen atoms in total. The highest BCUT2D eigenvalue weighted by Gasteiger charge is 2.13. The maximum Gasteiger partial charge on any atom is 0.315 e. The molecule has 0 aliphatic rings. The van der Waals surface area contributed by atoms with Gasteiger partial charge >= 0.3 is 5.97 Å². The molecule has 0 spiro atoms. The summed E-state index contributed by atoms with van der Waals surface area (Å²) in [6.07, 6.45) is 1.59. The van der Waals surface area contributed by atoms with Gasteiger partial charge in [0.2, 0.25) is 11.7 Å². The van der Waals surface area contributed by atoms with Crippen molar-refractivity contribution < 1.29 is 14.1 Å². The second kappa shape index (κ2) is 5.05. The summed E-state index contributed by atoms with van der Waals surface area (Å²) < 4.78 is 10.3. The number of hydrogen-bond donors (Lipinski definition) is 0. The molecule has 88 valence electrons. The van der Waals surface area contributed by atoms with E-state index in [9.17, 15) is 4.79 Å². The zero-order chi connectivity index (χ0) is 12.3. The van der Waals surface area contributed by atoms with Gasteiger partial charge < -0.3 is 9.26 Å². The Morgan fingerprint density at radius 3 is 3.00 bits per heavy atom. The third-order valence-electron chi connectivity index (χ3n) is 1.95. The summed E-state index contributed by atoms with van der Waals surface area (Å²) in [5.74, 6) is 0.122. The average Bonchev–Trinajstić information content (AvgIpc) is 2.78. The van der Waals surface area contributed by atoms with Crippen LogP contribution in [0.5, 0.6) is 0 Å². The van der Waals surface area contributed by atoms with Crippen molar-refractivity contribution in [2.24, 2.45) is 0 Å². The summed E-state index contributed by atoms with van der Waals surface area (Å²) >= 11 is 3.28. The molecule has 0 unspecified atom stereocenters. The summed E-state index contributed by atoms with van der Waals surface area (Å²) in [7, 11) is 1.30. The van der Waals surface area contributed by atoms with Gasteiger partial charge in [-0.25, -0.2) is 0 Å². The minimum Gasteiger partial charge on any atom is -0.469 e. The number of nitrogens with zero attached hydrogens (tertiary/aromatic N) is 3. The Balaban J connectivity index is 2.18. The zero-order valence-electron chi connectivity index (χ0n) is 8.88. The molecular weight excluding hydrogens is 290 g/mol. The van der Waals surface area contributed by atoms with E-state index in [4.69, 9.17) is 4.52 Å². The Labute approximate surface area is 105 Å². The predicted octanol–water partition coefficient (Wildman–Crippen LogP) is 1.61. The highest BCUT2D eigenvalue weighted by Crippen LogP contribution is 2.15. The van der Waals surface area contributed by atoms with E-state index in [1.807, 2.05) is 6.07 Å². The number of ether oxygens (including phenoxy) is 1. The van der Waals surface area contributed by atoms with Crippen LogP contribution >= 0.6 is 15.9 Å². The standard InChI is InChI=1S/C10H8BrN3O3/c1-16-9(15)4-8-13-10(14-17-8)7-3-2-6(11)5-12-7/h2-3,5H,4H2,1H3. The molecule has 0 aromatic carbocycles. The minimum absolute atomic E-state index is 0.0416. The van der Waals surface area contributed by atoms with E-state index >= 15 is 0 Å². The Morgan fingerprint density at radius 2 is 2.35 bits per heavy atom. The SMILES string of the molecule is COC(=O)Cc1nc(-c2ccc(Br)cn2)no1. The molecule has 0 aliphatic heterocycles. The molecule has 0 bridgehead atoms. The van der Waals surface area contributed by atoms with Crippen molar-refractivity contribution in [2.45, 2.75) is 6.42 Å². The van der Waals surface area contributed by atoms with Gasteiger partial charge in [0.15, 0.2) is 0 Å². The largest absolute Gasteiger partial charge is 0.469 e. The van der Waals surface area contributed by atoms with Gasteiger partial charge in [0.25, 0.3) is 0 Å². The van der Waals surface area contributed by atoms with Crippen molar-refractivity contribution in [3.63, 3.8) is 0 Å². The third-order valence-corrected chi connectivity index (χ3v) is 2.42. The van der Waals surface area contributed by atoms with Gasteiger partial charge in [-0.3, -0.25) is 9.78 Å². The number of methoxy groups -OCH3 is 1. The molecule has 0 amide bonds. The Morgan fingerprint density at radius 1 is 1.53 bits per heavy atom. The molecule has 2 heterocycles. The molecule has 0 atom stereocenters. The van der Waals surface area contributed by atoms with E-state index in [0.29, 0.717) is 11.5 Å². The molecule has 0 fully saturated rings. The number of esters is 1. The van der Waals surface area contributed by atoms with Gasteiger partial charge in [-0.1, -0.05) is 5.16 Å². The van der Waals surface area contributed by atoms with Gasteiger partial charge in [0, 0.05) is 10.7 Å². The van der Waals surface area contributed by atoms with Gasteiger partial charge in [0.05, 0.1) is 7.11 Å². The Bertz CT molecular complexity index is 524. The molecule has 2 aromatic heterocycles. The lowest BCUT2D eigenvalue weighted by molar-refractivity contribution is -0.140. The van der Waals surface area contributed by atoms with Crippen molar-refractivity contribution in [3.05, 3.63) is 28.7 Å². The maximum absolute atomic E-state index is 11.0. The predicted molar refractivity (Wildman–Crippen MR) is 60.9 cm³/mol. The van der Waals surface area contributed by atoms with Crippen LogP contribution in [0.3, 0.4) is 0 Å². The third kappa shape index (κ3) is 2.88. The van der Waals surface area contributed by atoms with Crippen LogP contribution in [0.1, 0.15) is 5.89 Å². The first-order chi connectivity index (χ1) is 8.19. The van der Waals surface area contributed by atoms with Crippen LogP contribution in [-0.4, -0.2) is 28.2 Å². The van der Waals surface area contributed by atoms with Gasteiger partial charge in [0.1, 0.15) is 12.1 Å². The highest BCUT2D eigenvalue weighted by molar-refractivity contribution is 9.10. The number of halogens is 1. The highest BCUT2D eigenvalue weighted by atomic mass is 79.9. The van der Waals surface area contributed by atoms with Crippen molar-refractivity contribution in [1.29, 1.82) is 0 Å². The Kier molecular flexibility index (Phi) is 3.48. The molecular formula is C10H8BrN3O3. The van der Waals surface area contributed by atoms with Crippen molar-refractivity contribution in [1.82, 2.24) is 15.1 Å². The summed E-state index contributed by atoms with van der Waals surface area (Å²) in [5.41, 5.74) is 0.577. The van der Waals surface area contributed by atoms with E-state index in [0.717, 1.165) is 4.47 Å². The fourth-order valence-electron chi connectivity index (χ4n) is 1.13. The average molecular weight is 298 g/mol. The van der Waals surface area contributed by atoms with Crippen LogP contribution in [0.2, 0.25) is 0 Å². The first kappa shape index (κ1) is 11.7. The number of aromatic nitrogens is 3. The van der Waals surface area contributed by atoms with Crippen LogP contribution < -0.4 is 0 Å². The van der Waals surface area contributed by atoms with E-state index in [-0.39, 0.29) is 12.3 Å². The second-order valence-corrected chi connectivity index (χ2v) is 4.04. The van der Waals surface area contributed by atoms with Crippen LogP contribution in [0, 0.1) is 0 Å². The topological polar surface area (TPSA) is 78.1 Å². The lowest BCUT2D eigenvalue weighted by atomic mass is 10.3. The van der Waals surface area contributed by atoms with Crippen LogP contribution in [-0.2, 0) is 16.0 Å². The first-order valence-electron chi connectivity index (χ1n) is 4.70. The number of carbonyl (C=O) groups is 1. The Hall–Kier alpha value is -1.76. The van der Waals surface area contributed by atoms with Crippen LogP contribution in [0.25, 0.3) is 11.5 Å². The van der Waals surface area contributed by atoms with E-state index < -0.39 is 5.97 Å². The molecule has 2 aromatic rings. The fourth-order valence-corrected chi connectivity index (χ4v) is 1.37. The lowest BCUT2D eigenvalue weighted by Crippen LogP contribution is -2.04. The smallest absolute Gasteiger partial charge is 0.315 e. The molecule has 0 saturated carbocycles. The summed E-state index contributed by atoms with van der Waals surface area (Å²) in [5, 5.41) is 3.73. The van der Waals surface area contributed by atoms with Crippen LogP contribution in [0.15, 0.2) is 27.3 Å². The molecule has 2 rings (SSSR count). The summed E-state index contributed by atoms with van der Waals surface area (Å²) in [4.78, 5) is 19.2. The number of hydrogen-bond acceptors (Lipinski definition) is 6. The molecule has 0 radical (unpaired) electrons. The van der Waals surface area contributed by atoms with E-state index in [1.54, 1.807) is 12.3 Å². The summed E-state index contributed by atoms with van der Waals surface area (Å²) in [6.45, 7) is 0. The number of carbonyl (C=O) groups excluding carboxylic acids is 1. The van der Waals surface area contributed by atoms with Crippen molar-refractivity contribution >= 4 is 21.9 Å². The molecule has 7 heteroatoms. The lowest BCUT2D eigenvalue weighted by Gasteiger charge is -1.93. The normalized spacial score (nSPS) is 10.2. The second-order valence-electron chi connectivity index (χ2n) is 3.13. The quantitative estimate of drug-likeness (QED) is 0.801.